The van der Waals surface area contributed by atoms with E-state index in [-0.39, 0.29) is 0 Å². The lowest BCUT2D eigenvalue weighted by Crippen LogP contribution is -2.01. The first-order valence-electron chi connectivity index (χ1n) is 3.53. The number of allylic oxidation sites excluding steroid dienone is 2. The number of hydrogen-bond acceptors (Lipinski definition) is 0. The fourth-order valence-electron chi connectivity index (χ4n) is 0.707. The standard InChI is InChI=1S/C8H14Br2/c1-4-7(9)8(10)5-6(2)3/h4,6,8H,5H2,1-3H3. The van der Waals surface area contributed by atoms with Crippen LogP contribution in [0.3, 0.4) is 0 Å². The van der Waals surface area contributed by atoms with Crippen LogP contribution in [0.1, 0.15) is 27.2 Å². The van der Waals surface area contributed by atoms with Crippen LogP contribution in [-0.2, 0) is 0 Å². The third-order valence-electron chi connectivity index (χ3n) is 1.25. The summed E-state index contributed by atoms with van der Waals surface area (Å²) in [6.45, 7) is 6.49. The molecule has 0 N–H and O–H groups in total. The Kier molecular flexibility index (Phi) is 5.74. The Morgan fingerprint density at radius 2 is 2.00 bits per heavy atom. The van der Waals surface area contributed by atoms with Crippen molar-refractivity contribution in [3.63, 3.8) is 0 Å². The van der Waals surface area contributed by atoms with Gasteiger partial charge in [0.05, 0.1) is 0 Å². The van der Waals surface area contributed by atoms with Crippen molar-refractivity contribution in [3.8, 4) is 0 Å². The molecule has 10 heavy (non-hydrogen) atoms. The van der Waals surface area contributed by atoms with Crippen LogP contribution in [-0.4, -0.2) is 4.83 Å². The second-order valence-electron chi connectivity index (χ2n) is 2.77. The Bertz CT molecular complexity index is 116. The van der Waals surface area contributed by atoms with Crippen LogP contribution in [0, 0.1) is 5.92 Å². The zero-order valence-corrected chi connectivity index (χ0v) is 9.87. The lowest BCUT2D eigenvalue weighted by atomic mass is 10.1. The van der Waals surface area contributed by atoms with Gasteiger partial charge in [-0.1, -0.05) is 51.8 Å². The summed E-state index contributed by atoms with van der Waals surface area (Å²) in [6, 6.07) is 0. The molecule has 0 saturated heterocycles. The van der Waals surface area contributed by atoms with Crippen LogP contribution in [0.4, 0.5) is 0 Å². The highest BCUT2D eigenvalue weighted by molar-refractivity contribution is 9.14. The normalized spacial score (nSPS) is 16.0. The molecule has 0 heterocycles. The molecule has 0 radical (unpaired) electrons. The molecule has 1 atom stereocenters. The highest BCUT2D eigenvalue weighted by Crippen LogP contribution is 2.24. The Balaban J connectivity index is 3.73. The van der Waals surface area contributed by atoms with Crippen molar-refractivity contribution in [3.05, 3.63) is 10.6 Å². The van der Waals surface area contributed by atoms with Crippen molar-refractivity contribution in [2.24, 2.45) is 5.92 Å². The Hall–Kier alpha value is 0.700. The number of halogens is 2. The minimum Gasteiger partial charge on any atom is -0.0833 e. The molecule has 0 nitrogen and oxygen atoms in total. The van der Waals surface area contributed by atoms with Crippen LogP contribution in [0.25, 0.3) is 0 Å². The summed E-state index contributed by atoms with van der Waals surface area (Å²) in [4.78, 5) is 0.498. The average Bonchev–Trinajstić information content (AvgIpc) is 1.85. The van der Waals surface area contributed by atoms with Gasteiger partial charge in [0, 0.05) is 9.31 Å². The van der Waals surface area contributed by atoms with Crippen LogP contribution >= 0.6 is 31.9 Å². The van der Waals surface area contributed by atoms with Crippen LogP contribution < -0.4 is 0 Å². The van der Waals surface area contributed by atoms with Gasteiger partial charge < -0.3 is 0 Å². The van der Waals surface area contributed by atoms with E-state index in [0.717, 1.165) is 5.92 Å². The monoisotopic (exact) mass is 268 g/mol. The van der Waals surface area contributed by atoms with Crippen molar-refractivity contribution in [1.82, 2.24) is 0 Å². The summed E-state index contributed by atoms with van der Waals surface area (Å²) in [5.74, 6) is 0.747. The van der Waals surface area contributed by atoms with Gasteiger partial charge in [-0.3, -0.25) is 0 Å². The average molecular weight is 270 g/mol. The first-order chi connectivity index (χ1) is 4.57. The molecule has 0 spiro atoms. The van der Waals surface area contributed by atoms with E-state index in [1.807, 2.05) is 6.92 Å². The van der Waals surface area contributed by atoms with Gasteiger partial charge in [-0.2, -0.15) is 0 Å². The number of rotatable bonds is 3. The molecule has 0 aromatic heterocycles. The minimum atomic E-state index is 0.498. The van der Waals surface area contributed by atoms with Crippen LogP contribution in [0.2, 0.25) is 0 Å². The van der Waals surface area contributed by atoms with Gasteiger partial charge in [-0.25, -0.2) is 0 Å². The second-order valence-corrected chi connectivity index (χ2v) is 4.79. The van der Waals surface area contributed by atoms with Gasteiger partial charge in [0.25, 0.3) is 0 Å². The van der Waals surface area contributed by atoms with Gasteiger partial charge >= 0.3 is 0 Å². The molecule has 0 aromatic rings. The van der Waals surface area contributed by atoms with E-state index in [1.165, 1.54) is 10.9 Å². The summed E-state index contributed by atoms with van der Waals surface area (Å²) in [7, 11) is 0. The zero-order valence-electron chi connectivity index (χ0n) is 6.70. The third-order valence-corrected chi connectivity index (χ3v) is 3.75. The highest BCUT2D eigenvalue weighted by atomic mass is 79.9. The van der Waals surface area contributed by atoms with E-state index >= 15 is 0 Å². The molecule has 2 heteroatoms. The van der Waals surface area contributed by atoms with Crippen molar-refractivity contribution < 1.29 is 0 Å². The smallest absolute Gasteiger partial charge is 0.0460 e. The van der Waals surface area contributed by atoms with Gasteiger partial charge in [0.15, 0.2) is 0 Å². The molecule has 0 aliphatic rings. The Labute approximate surface area is 80.3 Å². The van der Waals surface area contributed by atoms with Crippen LogP contribution in [0.15, 0.2) is 10.6 Å². The molecule has 1 unspecified atom stereocenters. The predicted molar refractivity (Wildman–Crippen MR) is 54.9 cm³/mol. The molecule has 0 aliphatic carbocycles. The zero-order chi connectivity index (χ0) is 8.15. The molecule has 0 amide bonds. The molecule has 0 rings (SSSR count). The maximum Gasteiger partial charge on any atom is 0.0460 e. The molecule has 0 aromatic carbocycles. The van der Waals surface area contributed by atoms with E-state index in [0.29, 0.717) is 4.83 Å². The maximum atomic E-state index is 3.59. The van der Waals surface area contributed by atoms with Crippen molar-refractivity contribution >= 4 is 31.9 Å². The molecular weight excluding hydrogens is 256 g/mol. The summed E-state index contributed by atoms with van der Waals surface area (Å²) >= 11 is 7.07. The first kappa shape index (κ1) is 10.7. The molecule has 0 fully saturated rings. The lowest BCUT2D eigenvalue weighted by molar-refractivity contribution is 0.603. The topological polar surface area (TPSA) is 0 Å². The molecule has 60 valence electrons. The number of alkyl halides is 1. The third kappa shape index (κ3) is 4.51. The van der Waals surface area contributed by atoms with E-state index in [2.05, 4.69) is 51.8 Å². The van der Waals surface area contributed by atoms with Gasteiger partial charge in [0.2, 0.25) is 0 Å². The lowest BCUT2D eigenvalue weighted by Gasteiger charge is -2.10. The quantitative estimate of drug-likeness (QED) is 0.677. The van der Waals surface area contributed by atoms with E-state index in [4.69, 9.17) is 0 Å². The van der Waals surface area contributed by atoms with Gasteiger partial charge in [-0.15, -0.1) is 0 Å². The fraction of sp³-hybridized carbons (Fsp3) is 0.750. The minimum absolute atomic E-state index is 0.498. The van der Waals surface area contributed by atoms with Crippen molar-refractivity contribution in [2.75, 3.05) is 0 Å². The molecule has 0 saturated carbocycles. The van der Waals surface area contributed by atoms with E-state index in [9.17, 15) is 0 Å². The fourth-order valence-corrected chi connectivity index (χ4v) is 1.91. The summed E-state index contributed by atoms with van der Waals surface area (Å²) < 4.78 is 1.25. The van der Waals surface area contributed by atoms with Crippen molar-refractivity contribution in [1.29, 1.82) is 0 Å². The molecular formula is C8H14Br2. The van der Waals surface area contributed by atoms with Gasteiger partial charge in [0.1, 0.15) is 0 Å². The number of hydrogen-bond donors (Lipinski definition) is 0. The second kappa shape index (κ2) is 5.36. The Morgan fingerprint density at radius 1 is 1.50 bits per heavy atom. The molecule has 0 bridgehead atoms. The first-order valence-corrected chi connectivity index (χ1v) is 5.24. The van der Waals surface area contributed by atoms with E-state index in [1.54, 1.807) is 0 Å². The molecule has 0 aliphatic heterocycles. The summed E-state index contributed by atoms with van der Waals surface area (Å²) in [5.41, 5.74) is 0. The highest BCUT2D eigenvalue weighted by Gasteiger charge is 2.08. The van der Waals surface area contributed by atoms with Crippen LogP contribution in [0.5, 0.6) is 0 Å². The maximum absolute atomic E-state index is 3.59. The van der Waals surface area contributed by atoms with E-state index < -0.39 is 0 Å². The summed E-state index contributed by atoms with van der Waals surface area (Å²) in [6.07, 6.45) is 3.27. The summed E-state index contributed by atoms with van der Waals surface area (Å²) in [5, 5.41) is 0. The van der Waals surface area contributed by atoms with Crippen molar-refractivity contribution in [2.45, 2.75) is 32.0 Å². The van der Waals surface area contributed by atoms with Gasteiger partial charge in [-0.05, 0) is 19.3 Å². The largest absolute Gasteiger partial charge is 0.0833 e. The predicted octanol–water partition coefficient (Wildman–Crippen LogP) is 4.09. The Morgan fingerprint density at radius 3 is 2.30 bits per heavy atom. The SMILES string of the molecule is CC=C(Br)C(Br)CC(C)C.